The molecule has 0 aromatic heterocycles. The van der Waals surface area contributed by atoms with Crippen LogP contribution >= 0.6 is 0 Å². The second-order valence-corrected chi connectivity index (χ2v) is 21.0. The summed E-state index contributed by atoms with van der Waals surface area (Å²) in [7, 11) is 0. The first-order chi connectivity index (χ1) is 34.5. The molecule has 0 aromatic carbocycles. The lowest BCUT2D eigenvalue weighted by molar-refractivity contribution is -0.143. The molecule has 410 valence electrons. The van der Waals surface area contributed by atoms with Gasteiger partial charge in [0.15, 0.2) is 0 Å². The van der Waals surface area contributed by atoms with Crippen LogP contribution in [0.5, 0.6) is 0 Å². The lowest BCUT2D eigenvalue weighted by atomic mass is 10.0. The second-order valence-electron chi connectivity index (χ2n) is 21.0. The van der Waals surface area contributed by atoms with E-state index in [1.54, 1.807) is 6.08 Å². The highest BCUT2D eigenvalue weighted by Gasteiger charge is 2.18. The van der Waals surface area contributed by atoms with Gasteiger partial charge in [-0.3, -0.25) is 9.59 Å². The van der Waals surface area contributed by atoms with Crippen molar-refractivity contribution in [2.75, 3.05) is 13.2 Å². The van der Waals surface area contributed by atoms with Gasteiger partial charge in [-0.15, -0.1) is 0 Å². The van der Waals surface area contributed by atoms with Crippen molar-refractivity contribution in [1.29, 1.82) is 0 Å². The maximum absolute atomic E-state index is 12.4. The largest absolute Gasteiger partial charge is 0.466 e. The van der Waals surface area contributed by atoms with E-state index in [4.69, 9.17) is 4.74 Å². The number of hydrogen-bond donors (Lipinski definition) is 3. The number of ether oxygens (including phenoxy) is 1. The van der Waals surface area contributed by atoms with Crippen LogP contribution in [0.2, 0.25) is 0 Å². The van der Waals surface area contributed by atoms with Gasteiger partial charge in [-0.05, 0) is 83.5 Å². The van der Waals surface area contributed by atoms with E-state index in [1.807, 2.05) is 6.08 Å². The molecular weight excluding hydrogens is 863 g/mol. The van der Waals surface area contributed by atoms with Gasteiger partial charge in [0.2, 0.25) is 5.91 Å². The van der Waals surface area contributed by atoms with E-state index in [1.165, 1.54) is 244 Å². The van der Waals surface area contributed by atoms with Crippen molar-refractivity contribution in [2.24, 2.45) is 0 Å². The average molecular weight is 983 g/mol. The van der Waals surface area contributed by atoms with Crippen LogP contribution in [-0.2, 0) is 14.3 Å². The molecule has 6 nitrogen and oxygen atoms in total. The van der Waals surface area contributed by atoms with Gasteiger partial charge >= 0.3 is 5.97 Å². The molecule has 0 radical (unpaired) electrons. The number of allylic oxidation sites excluding steroid dienone is 7. The standard InChI is InChI=1S/C64H119NO5/c1-3-5-7-9-11-13-37-42-46-50-54-58-64(69)70-59-55-51-47-43-39-36-34-32-30-28-26-24-22-20-18-16-14-15-17-19-21-23-25-27-29-31-33-35-38-41-45-49-53-57-63(68)65-61(60-66)62(67)56-52-48-44-40-12-10-8-6-4-2/h9,11,18,20,24,26,52,56,61-62,66-67H,3-8,10,12-17,19,21-23,25,27-51,53-55,57-60H2,1-2H3,(H,65,68)/b11-9-,20-18-,26-24-,56-52+. The third-order valence-corrected chi connectivity index (χ3v) is 14.1. The fourth-order valence-electron chi connectivity index (χ4n) is 9.29. The zero-order valence-corrected chi connectivity index (χ0v) is 46.7. The quantitative estimate of drug-likeness (QED) is 0.0321. The maximum atomic E-state index is 12.4. The van der Waals surface area contributed by atoms with E-state index in [-0.39, 0.29) is 18.5 Å². The van der Waals surface area contributed by atoms with Crippen molar-refractivity contribution in [1.82, 2.24) is 5.32 Å². The van der Waals surface area contributed by atoms with Crippen LogP contribution in [0.4, 0.5) is 0 Å². The molecule has 0 spiro atoms. The summed E-state index contributed by atoms with van der Waals surface area (Å²) in [6, 6.07) is -0.624. The SMILES string of the molecule is CCCC/C=C\CCCCCCCC(=O)OCCCCCCCCCCC/C=C\C/C=C\CCCCCCCCCCCCCCCCCCCC(=O)NC(CO)C(O)/C=C/CCCCCCCCC. The summed E-state index contributed by atoms with van der Waals surface area (Å²) in [4.78, 5) is 24.4. The number of amides is 1. The van der Waals surface area contributed by atoms with Gasteiger partial charge in [0.05, 0.1) is 25.4 Å². The second kappa shape index (κ2) is 59.4. The van der Waals surface area contributed by atoms with Gasteiger partial charge in [0, 0.05) is 12.8 Å². The third-order valence-electron chi connectivity index (χ3n) is 14.1. The Bertz CT molecular complexity index is 1180. The van der Waals surface area contributed by atoms with Crippen molar-refractivity contribution in [3.63, 3.8) is 0 Å². The third kappa shape index (κ3) is 55.1. The Kier molecular flexibility index (Phi) is 57.5. The number of carbonyl (C=O) groups is 2. The summed E-state index contributed by atoms with van der Waals surface area (Å²) in [5.41, 5.74) is 0. The van der Waals surface area contributed by atoms with Crippen molar-refractivity contribution < 1.29 is 24.5 Å². The summed E-state index contributed by atoms with van der Waals surface area (Å²) >= 11 is 0. The molecule has 0 aliphatic carbocycles. The van der Waals surface area contributed by atoms with E-state index in [9.17, 15) is 19.8 Å². The molecule has 0 aliphatic heterocycles. The van der Waals surface area contributed by atoms with Crippen LogP contribution in [0.15, 0.2) is 48.6 Å². The van der Waals surface area contributed by atoms with Gasteiger partial charge in [-0.2, -0.15) is 0 Å². The van der Waals surface area contributed by atoms with Crippen LogP contribution in [0.1, 0.15) is 322 Å². The average Bonchev–Trinajstić information content (AvgIpc) is 3.36. The first kappa shape index (κ1) is 67.8. The predicted octanol–water partition coefficient (Wildman–Crippen LogP) is 19.4. The van der Waals surface area contributed by atoms with Crippen LogP contribution in [0, 0.1) is 0 Å². The minimum absolute atomic E-state index is 0.00225. The Morgan fingerprint density at radius 2 is 0.729 bits per heavy atom. The van der Waals surface area contributed by atoms with E-state index < -0.39 is 12.1 Å². The van der Waals surface area contributed by atoms with Gasteiger partial charge in [-0.1, -0.05) is 274 Å². The Hall–Kier alpha value is -2.18. The van der Waals surface area contributed by atoms with E-state index in [2.05, 4.69) is 55.6 Å². The number of aliphatic hydroxyl groups excluding tert-OH is 2. The van der Waals surface area contributed by atoms with Crippen molar-refractivity contribution >= 4 is 11.9 Å². The molecule has 0 bridgehead atoms. The fourth-order valence-corrected chi connectivity index (χ4v) is 9.29. The van der Waals surface area contributed by atoms with Crippen LogP contribution in [0.3, 0.4) is 0 Å². The lowest BCUT2D eigenvalue weighted by Crippen LogP contribution is -2.45. The summed E-state index contributed by atoms with van der Waals surface area (Å²) in [6.45, 7) is 4.84. The van der Waals surface area contributed by atoms with Crippen molar-refractivity contribution in [3.8, 4) is 0 Å². The van der Waals surface area contributed by atoms with Crippen LogP contribution in [-0.4, -0.2) is 47.4 Å². The molecule has 0 aromatic rings. The number of carbonyl (C=O) groups excluding carboxylic acids is 2. The summed E-state index contributed by atoms with van der Waals surface area (Å²) in [5, 5.41) is 22.9. The maximum Gasteiger partial charge on any atom is 0.305 e. The summed E-state index contributed by atoms with van der Waals surface area (Å²) in [5.74, 6) is -0.0664. The molecule has 0 aliphatic rings. The number of aliphatic hydroxyl groups is 2. The van der Waals surface area contributed by atoms with E-state index >= 15 is 0 Å². The summed E-state index contributed by atoms with van der Waals surface area (Å²) < 4.78 is 5.46. The highest BCUT2D eigenvalue weighted by Crippen LogP contribution is 2.17. The Morgan fingerprint density at radius 1 is 0.400 bits per heavy atom. The highest BCUT2D eigenvalue weighted by molar-refractivity contribution is 5.76. The van der Waals surface area contributed by atoms with Crippen molar-refractivity contribution in [3.05, 3.63) is 48.6 Å². The lowest BCUT2D eigenvalue weighted by Gasteiger charge is -2.20. The molecule has 6 heteroatoms. The molecule has 0 heterocycles. The van der Waals surface area contributed by atoms with Gasteiger partial charge < -0.3 is 20.3 Å². The molecule has 0 saturated heterocycles. The van der Waals surface area contributed by atoms with Crippen LogP contribution < -0.4 is 5.32 Å². The molecule has 2 unspecified atom stereocenters. The first-order valence-electron chi connectivity index (χ1n) is 30.9. The monoisotopic (exact) mass is 982 g/mol. The molecule has 70 heavy (non-hydrogen) atoms. The number of unbranched alkanes of at least 4 members (excludes halogenated alkanes) is 40. The summed E-state index contributed by atoms with van der Waals surface area (Å²) in [6.07, 6.45) is 76.1. The topological polar surface area (TPSA) is 95.9 Å². The van der Waals surface area contributed by atoms with E-state index in [0.29, 0.717) is 19.4 Å². The van der Waals surface area contributed by atoms with Crippen LogP contribution in [0.25, 0.3) is 0 Å². The zero-order valence-electron chi connectivity index (χ0n) is 46.7. The van der Waals surface area contributed by atoms with Crippen molar-refractivity contribution in [2.45, 2.75) is 334 Å². The fraction of sp³-hybridized carbons (Fsp3) is 0.844. The number of hydrogen-bond acceptors (Lipinski definition) is 5. The number of rotatable bonds is 57. The molecule has 0 rings (SSSR count). The Labute approximate surface area is 436 Å². The first-order valence-corrected chi connectivity index (χ1v) is 30.9. The van der Waals surface area contributed by atoms with Gasteiger partial charge in [0.25, 0.3) is 0 Å². The Morgan fingerprint density at radius 3 is 1.14 bits per heavy atom. The van der Waals surface area contributed by atoms with E-state index in [0.717, 1.165) is 51.4 Å². The molecule has 1 amide bonds. The minimum Gasteiger partial charge on any atom is -0.466 e. The van der Waals surface area contributed by atoms with Gasteiger partial charge in [-0.25, -0.2) is 0 Å². The molecule has 2 atom stereocenters. The number of esters is 1. The molecule has 0 saturated carbocycles. The van der Waals surface area contributed by atoms with Gasteiger partial charge in [0.1, 0.15) is 0 Å². The number of nitrogens with one attached hydrogen (secondary N) is 1. The minimum atomic E-state index is -0.841. The molecular formula is C64H119NO5. The normalized spacial score (nSPS) is 12.9. The smallest absolute Gasteiger partial charge is 0.305 e. The predicted molar refractivity (Wildman–Crippen MR) is 306 cm³/mol. The Balaban J connectivity index is 3.37. The zero-order chi connectivity index (χ0) is 50.7. The molecule has 3 N–H and O–H groups in total. The molecule has 0 fully saturated rings. The highest BCUT2D eigenvalue weighted by atomic mass is 16.5.